The molecule has 1 aliphatic carbocycles. The number of urea groups is 1. The number of thioether (sulfide) groups is 1. The van der Waals surface area contributed by atoms with Crippen LogP contribution in [0, 0.1) is 5.41 Å². The Morgan fingerprint density at radius 2 is 2.05 bits per heavy atom. The van der Waals surface area contributed by atoms with E-state index in [1.54, 1.807) is 0 Å². The van der Waals surface area contributed by atoms with Crippen LogP contribution < -0.4 is 5.32 Å². The van der Waals surface area contributed by atoms with Crippen LogP contribution in [0.3, 0.4) is 0 Å². The Bertz CT molecular complexity index is 383. The summed E-state index contributed by atoms with van der Waals surface area (Å²) in [6, 6.07) is -0.0301. The number of carbonyl (C=O) groups is 2. The van der Waals surface area contributed by atoms with E-state index < -0.39 is 5.97 Å². The number of hydrogen-bond acceptors (Lipinski definition) is 3. The zero-order valence-corrected chi connectivity index (χ0v) is 13.6. The molecule has 1 aliphatic heterocycles. The van der Waals surface area contributed by atoms with E-state index in [0.717, 1.165) is 44.5 Å². The summed E-state index contributed by atoms with van der Waals surface area (Å²) >= 11 is 1.89. The molecular weight excluding hydrogens is 288 g/mol. The smallest absolute Gasteiger partial charge is 0.317 e. The van der Waals surface area contributed by atoms with E-state index in [2.05, 4.69) is 12.2 Å². The third-order valence-corrected chi connectivity index (χ3v) is 5.72. The molecule has 0 spiro atoms. The van der Waals surface area contributed by atoms with Crippen molar-refractivity contribution in [3.05, 3.63) is 0 Å². The van der Waals surface area contributed by atoms with Crippen molar-refractivity contribution in [2.24, 2.45) is 5.41 Å². The van der Waals surface area contributed by atoms with E-state index in [4.69, 9.17) is 5.11 Å². The molecular formula is C15H26N2O3S. The topological polar surface area (TPSA) is 69.6 Å². The van der Waals surface area contributed by atoms with E-state index in [1.807, 2.05) is 16.7 Å². The highest BCUT2D eigenvalue weighted by Gasteiger charge is 2.35. The fourth-order valence-electron chi connectivity index (χ4n) is 3.42. The number of nitrogens with one attached hydrogen (secondary N) is 1. The summed E-state index contributed by atoms with van der Waals surface area (Å²) in [7, 11) is 0. The van der Waals surface area contributed by atoms with Gasteiger partial charge in [-0.25, -0.2) is 4.79 Å². The Hall–Kier alpha value is -0.910. The normalized spacial score (nSPS) is 25.4. The molecule has 1 saturated heterocycles. The lowest BCUT2D eigenvalue weighted by molar-refractivity contribution is -0.140. The number of hydrogen-bond donors (Lipinski definition) is 2. The Kier molecular flexibility index (Phi) is 5.79. The van der Waals surface area contributed by atoms with Crippen molar-refractivity contribution in [2.45, 2.75) is 50.7 Å². The molecule has 0 aromatic rings. The second kappa shape index (κ2) is 7.38. The Morgan fingerprint density at radius 1 is 1.33 bits per heavy atom. The van der Waals surface area contributed by atoms with Crippen molar-refractivity contribution < 1.29 is 14.7 Å². The maximum atomic E-state index is 12.3. The first kappa shape index (κ1) is 16.5. The molecule has 2 aliphatic rings. The Morgan fingerprint density at radius 3 is 2.67 bits per heavy atom. The van der Waals surface area contributed by atoms with Gasteiger partial charge in [-0.2, -0.15) is 11.8 Å². The van der Waals surface area contributed by atoms with Crippen LogP contribution in [0.2, 0.25) is 0 Å². The first-order chi connectivity index (χ1) is 10.0. The first-order valence-electron chi connectivity index (χ1n) is 7.87. The van der Waals surface area contributed by atoms with Gasteiger partial charge in [-0.15, -0.1) is 0 Å². The molecule has 1 heterocycles. The first-order valence-corrected chi connectivity index (χ1v) is 8.92. The maximum absolute atomic E-state index is 12.3. The standard InChI is InChI=1S/C15H26N2O3S/c1-12-10-17(7-8-21-12)14(20)16-11-15(9-13(18)19)5-3-2-4-6-15/h12H,2-11H2,1H3,(H,16,20)(H,18,19). The predicted octanol–water partition coefficient (Wildman–Crippen LogP) is 2.56. The zero-order valence-electron chi connectivity index (χ0n) is 12.8. The number of rotatable bonds is 4. The summed E-state index contributed by atoms with van der Waals surface area (Å²) in [4.78, 5) is 25.3. The van der Waals surface area contributed by atoms with E-state index in [9.17, 15) is 9.59 Å². The van der Waals surface area contributed by atoms with Crippen LogP contribution in [0.5, 0.6) is 0 Å². The van der Waals surface area contributed by atoms with Crippen LogP contribution in [0.15, 0.2) is 0 Å². The second-order valence-electron chi connectivity index (χ2n) is 6.42. The summed E-state index contributed by atoms with van der Waals surface area (Å²) < 4.78 is 0. The van der Waals surface area contributed by atoms with Crippen molar-refractivity contribution in [1.29, 1.82) is 0 Å². The van der Waals surface area contributed by atoms with Gasteiger partial charge < -0.3 is 15.3 Å². The van der Waals surface area contributed by atoms with Crippen molar-refractivity contribution in [3.63, 3.8) is 0 Å². The van der Waals surface area contributed by atoms with Crippen LogP contribution in [0.25, 0.3) is 0 Å². The van der Waals surface area contributed by atoms with Gasteiger partial charge >= 0.3 is 12.0 Å². The molecule has 2 rings (SSSR count). The van der Waals surface area contributed by atoms with E-state index in [0.29, 0.717) is 11.8 Å². The molecule has 2 amide bonds. The van der Waals surface area contributed by atoms with Gasteiger partial charge in [0, 0.05) is 30.6 Å². The number of aliphatic carboxylic acids is 1. The number of carbonyl (C=O) groups excluding carboxylic acids is 1. The maximum Gasteiger partial charge on any atom is 0.317 e. The molecule has 6 heteroatoms. The third kappa shape index (κ3) is 4.80. The van der Waals surface area contributed by atoms with Crippen LogP contribution in [-0.2, 0) is 4.79 Å². The van der Waals surface area contributed by atoms with Gasteiger partial charge in [-0.3, -0.25) is 4.79 Å². The van der Waals surface area contributed by atoms with Crippen molar-refractivity contribution in [2.75, 3.05) is 25.4 Å². The van der Waals surface area contributed by atoms with Crippen molar-refractivity contribution in [3.8, 4) is 0 Å². The van der Waals surface area contributed by atoms with Gasteiger partial charge in [0.15, 0.2) is 0 Å². The summed E-state index contributed by atoms with van der Waals surface area (Å²) in [5.74, 6) is 0.226. The minimum Gasteiger partial charge on any atom is -0.481 e. The number of carboxylic acid groups (broad SMARTS) is 1. The average molecular weight is 314 g/mol. The molecule has 2 fully saturated rings. The van der Waals surface area contributed by atoms with Crippen LogP contribution in [0.4, 0.5) is 4.79 Å². The largest absolute Gasteiger partial charge is 0.481 e. The lowest BCUT2D eigenvalue weighted by Gasteiger charge is -2.37. The highest BCUT2D eigenvalue weighted by Crippen LogP contribution is 2.38. The minimum absolute atomic E-state index is 0.0301. The number of amides is 2. The summed E-state index contributed by atoms with van der Waals surface area (Å²) in [6.07, 6.45) is 5.30. The molecule has 0 aromatic carbocycles. The Balaban J connectivity index is 1.88. The van der Waals surface area contributed by atoms with Gasteiger partial charge in [-0.05, 0) is 18.3 Å². The highest BCUT2D eigenvalue weighted by molar-refractivity contribution is 7.99. The molecule has 1 unspecified atom stereocenters. The third-order valence-electron chi connectivity index (χ3n) is 4.58. The van der Waals surface area contributed by atoms with Crippen LogP contribution >= 0.6 is 11.8 Å². The van der Waals surface area contributed by atoms with Gasteiger partial charge in [0.25, 0.3) is 0 Å². The molecule has 0 aromatic heterocycles. The predicted molar refractivity (Wildman–Crippen MR) is 84.7 cm³/mol. The summed E-state index contributed by atoms with van der Waals surface area (Å²) in [6.45, 7) is 4.20. The molecule has 5 nitrogen and oxygen atoms in total. The van der Waals surface area contributed by atoms with Crippen LogP contribution in [0.1, 0.15) is 45.4 Å². The molecule has 1 saturated carbocycles. The van der Waals surface area contributed by atoms with E-state index in [-0.39, 0.29) is 17.9 Å². The Labute approximate surface area is 130 Å². The quantitative estimate of drug-likeness (QED) is 0.837. The van der Waals surface area contributed by atoms with Gasteiger partial charge in [0.1, 0.15) is 0 Å². The molecule has 0 radical (unpaired) electrons. The highest BCUT2D eigenvalue weighted by atomic mass is 32.2. The zero-order chi connectivity index (χ0) is 15.3. The summed E-state index contributed by atoms with van der Waals surface area (Å²) in [5.41, 5.74) is -0.240. The SMILES string of the molecule is CC1CN(C(=O)NCC2(CC(=O)O)CCCCC2)CCS1. The van der Waals surface area contributed by atoms with Crippen molar-refractivity contribution in [1.82, 2.24) is 10.2 Å². The van der Waals surface area contributed by atoms with Gasteiger partial charge in [0.05, 0.1) is 6.42 Å². The molecule has 0 bridgehead atoms. The fourth-order valence-corrected chi connectivity index (χ4v) is 4.43. The van der Waals surface area contributed by atoms with Gasteiger partial charge in [0.2, 0.25) is 0 Å². The van der Waals surface area contributed by atoms with Gasteiger partial charge in [-0.1, -0.05) is 26.2 Å². The average Bonchev–Trinajstić information content (AvgIpc) is 2.45. The number of nitrogens with zero attached hydrogens (tertiary/aromatic N) is 1. The van der Waals surface area contributed by atoms with E-state index >= 15 is 0 Å². The van der Waals surface area contributed by atoms with E-state index in [1.165, 1.54) is 6.42 Å². The lowest BCUT2D eigenvalue weighted by Crippen LogP contribution is -2.49. The molecule has 1 atom stereocenters. The minimum atomic E-state index is -0.755. The lowest BCUT2D eigenvalue weighted by atomic mass is 9.72. The summed E-state index contributed by atoms with van der Waals surface area (Å²) in [5, 5.41) is 12.6. The molecule has 21 heavy (non-hydrogen) atoms. The fraction of sp³-hybridized carbons (Fsp3) is 0.867. The molecule has 2 N–H and O–H groups in total. The monoisotopic (exact) mass is 314 g/mol. The van der Waals surface area contributed by atoms with Crippen molar-refractivity contribution >= 4 is 23.8 Å². The van der Waals surface area contributed by atoms with Crippen LogP contribution in [-0.4, -0.2) is 52.6 Å². The number of carboxylic acids is 1. The molecule has 120 valence electrons. The second-order valence-corrected chi connectivity index (χ2v) is 7.96.